The van der Waals surface area contributed by atoms with Crippen LogP contribution in [0.3, 0.4) is 0 Å². The summed E-state index contributed by atoms with van der Waals surface area (Å²) in [6.45, 7) is 4.24. The van der Waals surface area contributed by atoms with Crippen molar-refractivity contribution in [1.82, 2.24) is 9.97 Å². The normalized spacial score (nSPS) is 13.8. The number of rotatable bonds is 5. The second kappa shape index (κ2) is 8.73. The third-order valence-electron chi connectivity index (χ3n) is 5.02. The Morgan fingerprint density at radius 3 is 2.41 bits per heavy atom. The summed E-state index contributed by atoms with van der Waals surface area (Å²) in [6, 6.07) is 16.0. The van der Waals surface area contributed by atoms with Crippen molar-refractivity contribution in [3.8, 4) is 0 Å². The van der Waals surface area contributed by atoms with Crippen LogP contribution in [0.2, 0.25) is 0 Å². The molecule has 1 saturated heterocycles. The Kier molecular flexibility index (Phi) is 5.70. The molecule has 148 valence electrons. The Hall–Kier alpha value is -3.41. The molecule has 0 bridgehead atoms. The zero-order valence-corrected chi connectivity index (χ0v) is 16.6. The number of piperidine rings is 1. The number of nitrogens with zero attached hydrogens (tertiary/aromatic N) is 3. The number of carbonyl (C=O) groups excluding carboxylic acids is 1. The first kappa shape index (κ1) is 18.9. The van der Waals surface area contributed by atoms with Crippen LogP contribution < -0.4 is 15.5 Å². The summed E-state index contributed by atoms with van der Waals surface area (Å²) in [4.78, 5) is 23.3. The Morgan fingerprint density at radius 2 is 1.72 bits per heavy atom. The number of carbonyl (C=O) groups is 1. The summed E-state index contributed by atoms with van der Waals surface area (Å²) in [5, 5.41) is 6.07. The fourth-order valence-electron chi connectivity index (χ4n) is 3.48. The number of nitrogens with one attached hydrogen (secondary N) is 2. The van der Waals surface area contributed by atoms with Gasteiger partial charge in [-0.3, -0.25) is 4.79 Å². The van der Waals surface area contributed by atoms with Crippen molar-refractivity contribution in [2.75, 3.05) is 28.6 Å². The summed E-state index contributed by atoms with van der Waals surface area (Å²) >= 11 is 0. The van der Waals surface area contributed by atoms with Crippen molar-refractivity contribution >= 4 is 28.8 Å². The lowest BCUT2D eigenvalue weighted by molar-refractivity contribution is 0.102. The van der Waals surface area contributed by atoms with Gasteiger partial charge in [-0.25, -0.2) is 9.97 Å². The van der Waals surface area contributed by atoms with E-state index in [1.807, 2.05) is 43.3 Å². The third-order valence-corrected chi connectivity index (χ3v) is 5.02. The zero-order valence-electron chi connectivity index (χ0n) is 16.6. The fraction of sp³-hybridized carbons (Fsp3) is 0.261. The van der Waals surface area contributed by atoms with E-state index in [0.29, 0.717) is 5.82 Å². The first-order valence-corrected chi connectivity index (χ1v) is 9.99. The molecular weight excluding hydrogens is 362 g/mol. The maximum Gasteiger partial charge on any atom is 0.275 e. The Morgan fingerprint density at radius 1 is 0.931 bits per heavy atom. The lowest BCUT2D eigenvalue weighted by Crippen LogP contribution is -2.29. The zero-order chi connectivity index (χ0) is 20.1. The van der Waals surface area contributed by atoms with E-state index in [9.17, 15) is 4.79 Å². The SMILES string of the molecule is Cc1cccc(NC(=O)c2cnc(Nc3ccc(N4CCCCC4)cc3)cn2)c1. The molecule has 2 N–H and O–H groups in total. The minimum atomic E-state index is -0.277. The molecule has 0 spiro atoms. The number of anilines is 4. The third kappa shape index (κ3) is 4.90. The lowest BCUT2D eigenvalue weighted by atomic mass is 10.1. The summed E-state index contributed by atoms with van der Waals surface area (Å²) in [6.07, 6.45) is 6.91. The van der Waals surface area contributed by atoms with E-state index in [-0.39, 0.29) is 11.6 Å². The van der Waals surface area contributed by atoms with Crippen LogP contribution in [0.4, 0.5) is 22.9 Å². The average Bonchev–Trinajstić information content (AvgIpc) is 2.75. The van der Waals surface area contributed by atoms with Crippen LogP contribution in [0.25, 0.3) is 0 Å². The molecule has 29 heavy (non-hydrogen) atoms. The van der Waals surface area contributed by atoms with E-state index < -0.39 is 0 Å². The van der Waals surface area contributed by atoms with E-state index >= 15 is 0 Å². The van der Waals surface area contributed by atoms with Crippen molar-refractivity contribution < 1.29 is 4.79 Å². The van der Waals surface area contributed by atoms with Gasteiger partial charge in [0.15, 0.2) is 0 Å². The minimum Gasteiger partial charge on any atom is -0.372 e. The standard InChI is InChI=1S/C23H25N5O/c1-17-6-5-7-19(14-17)27-23(29)21-15-25-22(16-24-21)26-18-8-10-20(11-9-18)28-12-3-2-4-13-28/h5-11,14-16H,2-4,12-13H2,1H3,(H,25,26)(H,27,29). The molecule has 6 heteroatoms. The van der Waals surface area contributed by atoms with E-state index in [1.54, 1.807) is 6.20 Å². The van der Waals surface area contributed by atoms with Gasteiger partial charge in [-0.05, 0) is 68.1 Å². The second-order valence-corrected chi connectivity index (χ2v) is 7.33. The summed E-state index contributed by atoms with van der Waals surface area (Å²) in [7, 11) is 0. The van der Waals surface area contributed by atoms with Gasteiger partial charge in [-0.1, -0.05) is 12.1 Å². The van der Waals surface area contributed by atoms with Crippen LogP contribution in [0.15, 0.2) is 60.9 Å². The van der Waals surface area contributed by atoms with Gasteiger partial charge in [-0.15, -0.1) is 0 Å². The molecular formula is C23H25N5O. The quantitative estimate of drug-likeness (QED) is 0.660. The Balaban J connectivity index is 1.37. The number of amides is 1. The molecule has 1 fully saturated rings. The average molecular weight is 387 g/mol. The van der Waals surface area contributed by atoms with E-state index in [1.165, 1.54) is 31.1 Å². The molecule has 2 aromatic carbocycles. The molecule has 2 heterocycles. The number of benzene rings is 2. The van der Waals surface area contributed by atoms with Crippen LogP contribution in [0.5, 0.6) is 0 Å². The van der Waals surface area contributed by atoms with E-state index in [4.69, 9.17) is 0 Å². The maximum absolute atomic E-state index is 12.3. The minimum absolute atomic E-state index is 0.275. The Labute approximate surface area is 171 Å². The molecule has 6 nitrogen and oxygen atoms in total. The van der Waals surface area contributed by atoms with Crippen molar-refractivity contribution in [3.05, 3.63) is 72.2 Å². The largest absolute Gasteiger partial charge is 0.372 e. The highest BCUT2D eigenvalue weighted by molar-refractivity contribution is 6.02. The lowest BCUT2D eigenvalue weighted by Gasteiger charge is -2.28. The van der Waals surface area contributed by atoms with Gasteiger partial charge < -0.3 is 15.5 Å². The molecule has 3 aromatic rings. The van der Waals surface area contributed by atoms with Crippen LogP contribution in [0, 0.1) is 6.92 Å². The molecule has 0 saturated carbocycles. The first-order chi connectivity index (χ1) is 14.2. The van der Waals surface area contributed by atoms with Crippen molar-refractivity contribution in [1.29, 1.82) is 0 Å². The summed E-state index contributed by atoms with van der Waals surface area (Å²) in [5.41, 5.74) is 4.30. The summed E-state index contributed by atoms with van der Waals surface area (Å²) < 4.78 is 0. The number of hydrogen-bond acceptors (Lipinski definition) is 5. The highest BCUT2D eigenvalue weighted by Crippen LogP contribution is 2.23. The van der Waals surface area contributed by atoms with E-state index in [2.05, 4.69) is 37.6 Å². The van der Waals surface area contributed by atoms with Gasteiger partial charge in [0.1, 0.15) is 11.5 Å². The van der Waals surface area contributed by atoms with Crippen LogP contribution in [-0.2, 0) is 0 Å². The molecule has 1 aliphatic heterocycles. The van der Waals surface area contributed by atoms with Crippen LogP contribution in [0.1, 0.15) is 35.3 Å². The maximum atomic E-state index is 12.3. The van der Waals surface area contributed by atoms with Gasteiger partial charge in [0.2, 0.25) is 0 Å². The van der Waals surface area contributed by atoms with Gasteiger partial charge in [-0.2, -0.15) is 0 Å². The molecule has 0 unspecified atom stereocenters. The van der Waals surface area contributed by atoms with Crippen LogP contribution in [-0.4, -0.2) is 29.0 Å². The molecule has 4 rings (SSSR count). The van der Waals surface area contributed by atoms with E-state index in [0.717, 1.165) is 30.0 Å². The fourth-order valence-corrected chi connectivity index (χ4v) is 3.48. The number of hydrogen-bond donors (Lipinski definition) is 2. The smallest absolute Gasteiger partial charge is 0.275 e. The van der Waals surface area contributed by atoms with Crippen LogP contribution >= 0.6 is 0 Å². The monoisotopic (exact) mass is 387 g/mol. The molecule has 1 aromatic heterocycles. The topological polar surface area (TPSA) is 70.2 Å². The molecule has 0 atom stereocenters. The van der Waals surface area contributed by atoms with Gasteiger partial charge in [0.25, 0.3) is 5.91 Å². The molecule has 1 aliphatic rings. The van der Waals surface area contributed by atoms with Gasteiger partial charge in [0, 0.05) is 30.2 Å². The highest BCUT2D eigenvalue weighted by atomic mass is 16.1. The van der Waals surface area contributed by atoms with Gasteiger partial charge in [0.05, 0.1) is 12.4 Å². The van der Waals surface area contributed by atoms with Crippen molar-refractivity contribution in [2.24, 2.45) is 0 Å². The van der Waals surface area contributed by atoms with Crippen molar-refractivity contribution in [3.63, 3.8) is 0 Å². The predicted molar refractivity (Wildman–Crippen MR) is 117 cm³/mol. The number of aryl methyl sites for hydroxylation is 1. The predicted octanol–water partition coefficient (Wildman–Crippen LogP) is 4.77. The molecule has 0 aliphatic carbocycles. The number of aromatic nitrogens is 2. The second-order valence-electron chi connectivity index (χ2n) is 7.33. The molecule has 0 radical (unpaired) electrons. The highest BCUT2D eigenvalue weighted by Gasteiger charge is 2.11. The van der Waals surface area contributed by atoms with Crippen molar-refractivity contribution in [2.45, 2.75) is 26.2 Å². The first-order valence-electron chi connectivity index (χ1n) is 9.99. The summed E-state index contributed by atoms with van der Waals surface area (Å²) in [5.74, 6) is 0.323. The molecule has 1 amide bonds. The Bertz CT molecular complexity index is 963. The van der Waals surface area contributed by atoms with Gasteiger partial charge >= 0.3 is 0 Å².